The molecule has 0 bridgehead atoms. The van der Waals surface area contributed by atoms with Crippen LogP contribution in [0.1, 0.15) is 57.9 Å². The number of benzene rings is 1. The lowest BCUT2D eigenvalue weighted by molar-refractivity contribution is -0.157. The Bertz CT molecular complexity index is 1410. The van der Waals surface area contributed by atoms with Gasteiger partial charge in [-0.1, -0.05) is 38.6 Å². The molecule has 41 heavy (non-hydrogen) atoms. The Kier molecular flexibility index (Phi) is 10.8. The van der Waals surface area contributed by atoms with Crippen molar-refractivity contribution < 1.29 is 27.5 Å². The average Bonchev–Trinajstić information content (AvgIpc) is 2.94. The summed E-state index contributed by atoms with van der Waals surface area (Å²) in [6, 6.07) is 4.86. The molecule has 2 heterocycles. The molecule has 1 aromatic carbocycles. The third-order valence-corrected chi connectivity index (χ3v) is 8.08. The first-order valence-electron chi connectivity index (χ1n) is 13.6. The normalized spacial score (nSPS) is 17.9. The van der Waals surface area contributed by atoms with Gasteiger partial charge in [0.25, 0.3) is 5.91 Å². The van der Waals surface area contributed by atoms with Gasteiger partial charge in [-0.15, -0.1) is 6.58 Å². The Hall–Kier alpha value is -3.61. The average molecular weight is 586 g/mol. The molecule has 0 saturated carbocycles. The lowest BCUT2D eigenvalue weighted by Gasteiger charge is -2.35. The van der Waals surface area contributed by atoms with Crippen molar-refractivity contribution in [3.8, 4) is 0 Å². The SMILES string of the molecule is C=CCS(=O)(=O)NC(C(=O)N[C@@H](C)C(=O)N1CCC[C@@H](C(=O)O[C@H](C)c2ccc3cnc(C=C)cc3c2)N1)C(C)C. The van der Waals surface area contributed by atoms with Gasteiger partial charge in [0.2, 0.25) is 15.9 Å². The number of rotatable bonds is 12. The number of carbonyl (C=O) groups is 3. The van der Waals surface area contributed by atoms with Crippen LogP contribution in [0, 0.1) is 5.92 Å². The van der Waals surface area contributed by atoms with Crippen LogP contribution in [0.2, 0.25) is 0 Å². The van der Waals surface area contributed by atoms with Crippen molar-refractivity contribution in [2.24, 2.45) is 5.92 Å². The smallest absolute Gasteiger partial charge is 0.325 e. The number of fused-ring (bicyclic) bond motifs is 1. The quantitative estimate of drug-likeness (QED) is 0.255. The van der Waals surface area contributed by atoms with E-state index < -0.39 is 52.0 Å². The molecule has 4 atom stereocenters. The van der Waals surface area contributed by atoms with Crippen LogP contribution in [0.3, 0.4) is 0 Å². The molecule has 3 rings (SSSR count). The number of sulfonamides is 1. The van der Waals surface area contributed by atoms with Gasteiger partial charge >= 0.3 is 5.97 Å². The van der Waals surface area contributed by atoms with Crippen molar-refractivity contribution in [2.75, 3.05) is 12.3 Å². The molecular formula is C29H39N5O6S. The number of hydrazine groups is 1. The summed E-state index contributed by atoms with van der Waals surface area (Å²) in [6.45, 7) is 14.2. The van der Waals surface area contributed by atoms with E-state index in [-0.39, 0.29) is 11.7 Å². The van der Waals surface area contributed by atoms with Crippen LogP contribution >= 0.6 is 0 Å². The van der Waals surface area contributed by atoms with Gasteiger partial charge in [-0.05, 0) is 61.8 Å². The lowest BCUT2D eigenvalue weighted by atomic mass is 10.0. The van der Waals surface area contributed by atoms with Gasteiger partial charge in [0, 0.05) is 18.1 Å². The number of nitrogens with one attached hydrogen (secondary N) is 3. The molecule has 12 heteroatoms. The van der Waals surface area contributed by atoms with Gasteiger partial charge in [0.15, 0.2) is 0 Å². The molecule has 1 saturated heterocycles. The van der Waals surface area contributed by atoms with Gasteiger partial charge in [-0.2, -0.15) is 0 Å². The van der Waals surface area contributed by atoms with E-state index in [1.807, 2.05) is 24.3 Å². The zero-order chi connectivity index (χ0) is 30.3. The number of hydrogen-bond acceptors (Lipinski definition) is 8. The first-order chi connectivity index (χ1) is 19.3. The number of nitrogens with zero attached hydrogens (tertiary/aromatic N) is 2. The summed E-state index contributed by atoms with van der Waals surface area (Å²) >= 11 is 0. The molecule has 0 radical (unpaired) electrons. The molecule has 2 aromatic rings. The summed E-state index contributed by atoms with van der Waals surface area (Å²) < 4.78 is 32.4. The van der Waals surface area contributed by atoms with Crippen LogP contribution in [-0.4, -0.2) is 66.6 Å². The van der Waals surface area contributed by atoms with Crippen molar-refractivity contribution in [3.63, 3.8) is 0 Å². The van der Waals surface area contributed by atoms with Gasteiger partial charge < -0.3 is 10.1 Å². The van der Waals surface area contributed by atoms with Gasteiger partial charge in [0.05, 0.1) is 11.4 Å². The monoisotopic (exact) mass is 585 g/mol. The second-order valence-corrected chi connectivity index (χ2v) is 12.3. The molecule has 3 N–H and O–H groups in total. The van der Waals surface area contributed by atoms with Crippen molar-refractivity contribution in [1.29, 1.82) is 0 Å². The van der Waals surface area contributed by atoms with E-state index >= 15 is 0 Å². The molecule has 1 unspecified atom stereocenters. The Morgan fingerprint density at radius 3 is 2.56 bits per heavy atom. The first kappa shape index (κ1) is 31.9. The van der Waals surface area contributed by atoms with Gasteiger partial charge in [-0.25, -0.2) is 18.6 Å². The van der Waals surface area contributed by atoms with Crippen LogP contribution < -0.4 is 15.5 Å². The number of esters is 1. The van der Waals surface area contributed by atoms with E-state index in [1.54, 1.807) is 33.0 Å². The highest BCUT2D eigenvalue weighted by atomic mass is 32.2. The van der Waals surface area contributed by atoms with Crippen molar-refractivity contribution in [1.82, 2.24) is 25.5 Å². The molecule has 1 aliphatic rings. The highest BCUT2D eigenvalue weighted by Crippen LogP contribution is 2.24. The van der Waals surface area contributed by atoms with E-state index in [0.29, 0.717) is 19.4 Å². The van der Waals surface area contributed by atoms with Gasteiger partial charge in [0.1, 0.15) is 24.2 Å². The number of pyridine rings is 1. The molecule has 0 spiro atoms. The fraction of sp³-hybridized carbons (Fsp3) is 0.448. The Morgan fingerprint density at radius 1 is 1.17 bits per heavy atom. The topological polar surface area (TPSA) is 147 Å². The van der Waals surface area contributed by atoms with Crippen LogP contribution in [0.15, 0.2) is 49.7 Å². The highest BCUT2D eigenvalue weighted by molar-refractivity contribution is 7.89. The number of ether oxygens (including phenoxy) is 1. The summed E-state index contributed by atoms with van der Waals surface area (Å²) in [5, 5.41) is 5.80. The Balaban J connectivity index is 1.60. The molecular weight excluding hydrogens is 546 g/mol. The standard InChI is InChI=1S/C29H39N5O6S/c1-7-14-41(38,39)33-26(18(3)4)27(35)31-19(5)28(36)34-13-9-10-25(32-34)29(37)40-20(6)21-11-12-22-17-30-24(8-2)16-23(22)15-21/h7-8,11-12,15-20,25-26,32-33H,1-2,9-10,13-14H2,3-6H3,(H,31,35)/t19-,20+,25-,26?/m0/s1. The molecule has 11 nitrogen and oxygen atoms in total. The number of amides is 2. The van der Waals surface area contributed by atoms with Crippen molar-refractivity contribution in [3.05, 3.63) is 61.0 Å². The van der Waals surface area contributed by atoms with E-state index in [9.17, 15) is 22.8 Å². The maximum absolute atomic E-state index is 13.1. The predicted molar refractivity (Wildman–Crippen MR) is 158 cm³/mol. The lowest BCUT2D eigenvalue weighted by Crippen LogP contribution is -2.61. The van der Waals surface area contributed by atoms with Crippen LogP contribution in [0.25, 0.3) is 16.8 Å². The van der Waals surface area contributed by atoms with Crippen LogP contribution in [0.5, 0.6) is 0 Å². The number of carbonyl (C=O) groups excluding carboxylic acids is 3. The summed E-state index contributed by atoms with van der Waals surface area (Å²) in [5.41, 5.74) is 4.49. The minimum Gasteiger partial charge on any atom is -0.457 e. The zero-order valence-electron chi connectivity index (χ0n) is 23.9. The molecule has 0 aliphatic carbocycles. The Morgan fingerprint density at radius 2 is 1.90 bits per heavy atom. The largest absolute Gasteiger partial charge is 0.457 e. The summed E-state index contributed by atoms with van der Waals surface area (Å²) in [5.74, 6) is -2.28. The van der Waals surface area contributed by atoms with Crippen molar-refractivity contribution >= 4 is 44.7 Å². The third kappa shape index (κ3) is 8.44. The van der Waals surface area contributed by atoms with Crippen LogP contribution in [0.4, 0.5) is 0 Å². The fourth-order valence-corrected chi connectivity index (χ4v) is 5.64. The molecule has 1 aliphatic heterocycles. The maximum Gasteiger partial charge on any atom is 0.325 e. The number of aromatic nitrogens is 1. The predicted octanol–water partition coefficient (Wildman–Crippen LogP) is 2.61. The van der Waals surface area contributed by atoms with Crippen molar-refractivity contribution in [2.45, 2.75) is 64.8 Å². The first-order valence-corrected chi connectivity index (χ1v) is 15.2. The summed E-state index contributed by atoms with van der Waals surface area (Å²) in [6.07, 6.45) is 5.15. The van der Waals surface area contributed by atoms with E-state index in [1.165, 1.54) is 18.0 Å². The third-order valence-electron chi connectivity index (χ3n) is 6.80. The summed E-state index contributed by atoms with van der Waals surface area (Å²) in [7, 11) is -3.75. The van der Waals surface area contributed by atoms with Crippen LogP contribution in [-0.2, 0) is 29.1 Å². The summed E-state index contributed by atoms with van der Waals surface area (Å²) in [4.78, 5) is 43.3. The minimum atomic E-state index is -3.75. The van der Waals surface area contributed by atoms with E-state index in [0.717, 1.165) is 22.0 Å². The minimum absolute atomic E-state index is 0.333. The van der Waals surface area contributed by atoms with E-state index in [4.69, 9.17) is 4.74 Å². The zero-order valence-corrected chi connectivity index (χ0v) is 24.7. The second-order valence-electron chi connectivity index (χ2n) is 10.5. The second kappa shape index (κ2) is 13.8. The Labute approximate surface area is 241 Å². The molecule has 1 aromatic heterocycles. The fourth-order valence-electron chi connectivity index (χ4n) is 4.47. The maximum atomic E-state index is 13.1. The van der Waals surface area contributed by atoms with Gasteiger partial charge in [-0.3, -0.25) is 24.4 Å². The molecule has 1 fully saturated rings. The number of hydrogen-bond donors (Lipinski definition) is 3. The van der Waals surface area contributed by atoms with E-state index in [2.05, 4.69) is 33.6 Å². The highest BCUT2D eigenvalue weighted by Gasteiger charge is 2.34. The molecule has 2 amide bonds. The molecule has 222 valence electrons.